The van der Waals surface area contributed by atoms with Crippen LogP contribution in [0.2, 0.25) is 0 Å². The van der Waals surface area contributed by atoms with Crippen molar-refractivity contribution < 1.29 is 22.7 Å². The Kier molecular flexibility index (Phi) is 6.79. The largest absolute Gasteiger partial charge is 0.490 e. The fraction of sp³-hybridized carbons (Fsp3) is 0.409. The van der Waals surface area contributed by atoms with E-state index in [1.54, 1.807) is 35.2 Å². The number of hydrogen-bond acceptors (Lipinski definition) is 5. The zero-order valence-electron chi connectivity index (χ0n) is 16.9. The highest BCUT2D eigenvalue weighted by atomic mass is 32.2. The van der Waals surface area contributed by atoms with Crippen molar-refractivity contribution in [2.75, 3.05) is 25.5 Å². The lowest BCUT2D eigenvalue weighted by atomic mass is 9.98. The Bertz CT molecular complexity index is 957. The zero-order valence-corrected chi connectivity index (χ0v) is 17.7. The lowest BCUT2D eigenvalue weighted by Crippen LogP contribution is -2.36. The molecule has 1 heterocycles. The van der Waals surface area contributed by atoms with Crippen molar-refractivity contribution in [3.63, 3.8) is 0 Å². The Hall–Kier alpha value is -2.54. The van der Waals surface area contributed by atoms with E-state index in [0.717, 1.165) is 16.9 Å². The molecule has 2 aromatic rings. The van der Waals surface area contributed by atoms with Crippen molar-refractivity contribution in [2.45, 2.75) is 38.1 Å². The molecule has 1 amide bonds. The molecule has 0 aliphatic carbocycles. The van der Waals surface area contributed by atoms with Crippen LogP contribution in [0, 0.1) is 0 Å². The second-order valence-corrected chi connectivity index (χ2v) is 8.99. The molecular formula is C22H27NO5S. The maximum absolute atomic E-state index is 12.7. The first kappa shape index (κ1) is 21.2. The lowest BCUT2D eigenvalue weighted by molar-refractivity contribution is -0.131. The number of nitrogens with zero attached hydrogens (tertiary/aromatic N) is 1. The third-order valence-corrected chi connectivity index (χ3v) is 6.65. The van der Waals surface area contributed by atoms with Crippen molar-refractivity contribution in [3.8, 4) is 11.5 Å². The molecule has 0 saturated carbocycles. The van der Waals surface area contributed by atoms with Gasteiger partial charge < -0.3 is 14.4 Å². The number of carbonyl (C=O) groups excluding carboxylic acids is 1. The van der Waals surface area contributed by atoms with Crippen molar-refractivity contribution in [1.29, 1.82) is 0 Å². The highest BCUT2D eigenvalue weighted by Crippen LogP contribution is 2.34. The number of ether oxygens (including phenoxy) is 2. The number of hydrogen-bond donors (Lipinski definition) is 0. The van der Waals surface area contributed by atoms with E-state index in [2.05, 4.69) is 0 Å². The van der Waals surface area contributed by atoms with E-state index in [9.17, 15) is 13.2 Å². The van der Waals surface area contributed by atoms with Crippen LogP contribution in [0.25, 0.3) is 0 Å². The summed E-state index contributed by atoms with van der Waals surface area (Å²) >= 11 is 0. The Balaban J connectivity index is 1.68. The first-order valence-corrected chi connectivity index (χ1v) is 11.6. The van der Waals surface area contributed by atoms with Gasteiger partial charge in [-0.1, -0.05) is 18.2 Å². The fourth-order valence-electron chi connectivity index (χ4n) is 3.44. The summed E-state index contributed by atoms with van der Waals surface area (Å²) in [7, 11) is -3.46. The van der Waals surface area contributed by atoms with Gasteiger partial charge in [-0.05, 0) is 55.7 Å². The van der Waals surface area contributed by atoms with Crippen LogP contribution in [0.5, 0.6) is 11.5 Å². The second-order valence-electron chi connectivity index (χ2n) is 6.88. The maximum atomic E-state index is 12.7. The van der Waals surface area contributed by atoms with Crippen LogP contribution in [-0.2, 0) is 27.6 Å². The molecule has 1 aliphatic heterocycles. The lowest BCUT2D eigenvalue weighted by Gasteiger charge is -2.30. The average Bonchev–Trinajstić information content (AvgIpc) is 2.73. The minimum atomic E-state index is -3.46. The van der Waals surface area contributed by atoms with Gasteiger partial charge in [-0.3, -0.25) is 4.79 Å². The molecule has 0 radical (unpaired) electrons. The molecule has 0 spiro atoms. The normalized spacial score (nSPS) is 13.7. The van der Waals surface area contributed by atoms with E-state index in [-0.39, 0.29) is 23.0 Å². The van der Waals surface area contributed by atoms with E-state index < -0.39 is 9.84 Å². The maximum Gasteiger partial charge on any atom is 0.223 e. The summed E-state index contributed by atoms with van der Waals surface area (Å²) in [6.45, 7) is 5.94. The Labute approximate surface area is 172 Å². The van der Waals surface area contributed by atoms with E-state index in [1.165, 1.54) is 0 Å². The summed E-state index contributed by atoms with van der Waals surface area (Å²) < 4.78 is 36.2. The Morgan fingerprint density at radius 1 is 1.00 bits per heavy atom. The number of amides is 1. The molecule has 1 aliphatic rings. The molecule has 3 rings (SSSR count). The number of rotatable bonds is 8. The molecule has 0 atom stereocenters. The Morgan fingerprint density at radius 2 is 1.62 bits per heavy atom. The van der Waals surface area contributed by atoms with Crippen molar-refractivity contribution >= 4 is 15.7 Å². The average molecular weight is 418 g/mol. The summed E-state index contributed by atoms with van der Waals surface area (Å²) in [6.07, 6.45) is 0.681. The van der Waals surface area contributed by atoms with Gasteiger partial charge in [-0.25, -0.2) is 8.42 Å². The molecule has 0 saturated heterocycles. The predicted octanol–water partition coefficient (Wildman–Crippen LogP) is 3.23. The van der Waals surface area contributed by atoms with Crippen LogP contribution < -0.4 is 9.47 Å². The summed E-state index contributed by atoms with van der Waals surface area (Å²) in [4.78, 5) is 14.6. The van der Waals surface area contributed by atoms with Gasteiger partial charge in [0.25, 0.3) is 0 Å². The smallest absolute Gasteiger partial charge is 0.223 e. The molecule has 0 N–H and O–H groups in total. The first-order valence-electron chi connectivity index (χ1n) is 9.91. The summed E-state index contributed by atoms with van der Waals surface area (Å²) in [5.41, 5.74) is 2.15. The third kappa shape index (κ3) is 5.09. The minimum Gasteiger partial charge on any atom is -0.490 e. The third-order valence-electron chi connectivity index (χ3n) is 4.92. The van der Waals surface area contributed by atoms with Crippen LogP contribution in [-0.4, -0.2) is 44.7 Å². The van der Waals surface area contributed by atoms with Gasteiger partial charge in [-0.15, -0.1) is 0 Å². The fourth-order valence-corrected chi connectivity index (χ4v) is 4.69. The second kappa shape index (κ2) is 9.31. The number of benzene rings is 2. The number of carbonyl (C=O) groups is 1. The van der Waals surface area contributed by atoms with Gasteiger partial charge in [0.2, 0.25) is 5.91 Å². The van der Waals surface area contributed by atoms with Gasteiger partial charge in [0.15, 0.2) is 21.3 Å². The topological polar surface area (TPSA) is 72.9 Å². The standard InChI is InChI=1S/C22H27NO5S/c1-3-27-20-14-17-10-12-23(16-18(17)15-21(20)28-4-2)22(24)11-13-29(25,26)19-8-6-5-7-9-19/h5-9,14-15H,3-4,10-13,16H2,1-2H3. The van der Waals surface area contributed by atoms with Gasteiger partial charge in [-0.2, -0.15) is 0 Å². The molecule has 0 unspecified atom stereocenters. The monoisotopic (exact) mass is 417 g/mol. The SMILES string of the molecule is CCOc1cc2c(cc1OCC)CN(C(=O)CCS(=O)(=O)c1ccccc1)CC2. The van der Waals surface area contributed by atoms with Crippen LogP contribution in [0.1, 0.15) is 31.4 Å². The first-order chi connectivity index (χ1) is 13.9. The molecule has 7 heteroatoms. The predicted molar refractivity (Wildman–Crippen MR) is 111 cm³/mol. The van der Waals surface area contributed by atoms with Gasteiger partial charge >= 0.3 is 0 Å². The minimum absolute atomic E-state index is 0.0259. The van der Waals surface area contributed by atoms with E-state index in [0.29, 0.717) is 38.5 Å². The van der Waals surface area contributed by atoms with Crippen LogP contribution in [0.4, 0.5) is 0 Å². The molecule has 0 fully saturated rings. The Morgan fingerprint density at radius 3 is 2.24 bits per heavy atom. The molecule has 2 aromatic carbocycles. The van der Waals surface area contributed by atoms with Crippen LogP contribution in [0.3, 0.4) is 0 Å². The summed E-state index contributed by atoms with van der Waals surface area (Å²) in [6, 6.07) is 12.2. The van der Waals surface area contributed by atoms with E-state index in [1.807, 2.05) is 26.0 Å². The van der Waals surface area contributed by atoms with Gasteiger partial charge in [0.1, 0.15) is 0 Å². The van der Waals surface area contributed by atoms with E-state index >= 15 is 0 Å². The highest BCUT2D eigenvalue weighted by molar-refractivity contribution is 7.91. The van der Waals surface area contributed by atoms with E-state index in [4.69, 9.17) is 9.47 Å². The molecule has 156 valence electrons. The zero-order chi connectivity index (χ0) is 20.9. The van der Waals surface area contributed by atoms with Gasteiger partial charge in [0, 0.05) is 19.5 Å². The number of fused-ring (bicyclic) bond motifs is 1. The highest BCUT2D eigenvalue weighted by Gasteiger charge is 2.24. The molecular weight excluding hydrogens is 390 g/mol. The molecule has 29 heavy (non-hydrogen) atoms. The quantitative estimate of drug-likeness (QED) is 0.659. The molecule has 0 bridgehead atoms. The van der Waals surface area contributed by atoms with Crippen molar-refractivity contribution in [1.82, 2.24) is 4.90 Å². The van der Waals surface area contributed by atoms with Crippen molar-refractivity contribution in [3.05, 3.63) is 53.6 Å². The van der Waals surface area contributed by atoms with Crippen LogP contribution in [0.15, 0.2) is 47.4 Å². The summed E-state index contributed by atoms with van der Waals surface area (Å²) in [5.74, 6) is 1.06. The molecule has 6 nitrogen and oxygen atoms in total. The van der Waals surface area contributed by atoms with Crippen LogP contribution >= 0.6 is 0 Å². The summed E-state index contributed by atoms with van der Waals surface area (Å²) in [5, 5.41) is 0. The molecule has 0 aromatic heterocycles. The van der Waals surface area contributed by atoms with Crippen molar-refractivity contribution in [2.24, 2.45) is 0 Å². The number of sulfone groups is 1. The van der Waals surface area contributed by atoms with Gasteiger partial charge in [0.05, 0.1) is 23.9 Å².